The number of carbonyl (C=O) groups is 1. The van der Waals surface area contributed by atoms with Crippen molar-refractivity contribution in [1.29, 1.82) is 0 Å². The second-order valence-corrected chi connectivity index (χ2v) is 6.67. The van der Waals surface area contributed by atoms with E-state index in [1.807, 2.05) is 0 Å². The number of anilines is 1. The fourth-order valence-electron chi connectivity index (χ4n) is 2.84. The maximum absolute atomic E-state index is 13.8. The molecule has 0 bridgehead atoms. The first-order valence-corrected chi connectivity index (χ1v) is 8.40. The Labute approximate surface area is 151 Å². The van der Waals surface area contributed by atoms with Crippen LogP contribution in [0.2, 0.25) is 0 Å². The highest BCUT2D eigenvalue weighted by atomic mass is 19.1. The topological polar surface area (TPSA) is 90.4 Å². The predicted octanol–water partition coefficient (Wildman–Crippen LogP) is 0.803. The van der Waals surface area contributed by atoms with Gasteiger partial charge in [0, 0.05) is 38.3 Å². The number of nitrogens with one attached hydrogen (secondary N) is 2. The predicted molar refractivity (Wildman–Crippen MR) is 96.5 cm³/mol. The minimum Gasteiger partial charge on any atom is -0.387 e. The van der Waals surface area contributed by atoms with Crippen molar-refractivity contribution in [2.24, 2.45) is 0 Å². The Kier molecular flexibility index (Phi) is 5.15. The third-order valence-electron chi connectivity index (χ3n) is 4.33. The Bertz CT molecular complexity index is 806. The number of benzene rings is 1. The van der Waals surface area contributed by atoms with Gasteiger partial charge in [-0.3, -0.25) is 4.79 Å². The molecule has 138 valence electrons. The SMILES string of the molecule is CN(C)c1nc(-c2cccc(C(=O)NC[C@]3(O)CCNC3)c2)ncc1F. The van der Waals surface area contributed by atoms with Gasteiger partial charge in [-0.1, -0.05) is 12.1 Å². The van der Waals surface area contributed by atoms with Crippen LogP contribution in [0.25, 0.3) is 11.4 Å². The van der Waals surface area contributed by atoms with E-state index in [-0.39, 0.29) is 18.3 Å². The average Bonchev–Trinajstić information content (AvgIpc) is 3.07. The van der Waals surface area contributed by atoms with Crippen LogP contribution in [0.3, 0.4) is 0 Å². The number of carbonyl (C=O) groups excluding carboxylic acids is 1. The summed E-state index contributed by atoms with van der Waals surface area (Å²) in [5.41, 5.74) is 0.131. The number of aromatic nitrogens is 2. The number of rotatable bonds is 5. The molecule has 3 N–H and O–H groups in total. The lowest BCUT2D eigenvalue weighted by Gasteiger charge is -2.21. The lowest BCUT2D eigenvalue weighted by Crippen LogP contribution is -2.44. The Morgan fingerprint density at radius 2 is 2.27 bits per heavy atom. The van der Waals surface area contributed by atoms with Gasteiger partial charge in [0.25, 0.3) is 5.91 Å². The van der Waals surface area contributed by atoms with Gasteiger partial charge in [-0.25, -0.2) is 14.4 Å². The number of β-amino-alcohol motifs (C(OH)–C–C–N with tert-alkyl or cyclic N) is 1. The highest BCUT2D eigenvalue weighted by molar-refractivity contribution is 5.95. The Morgan fingerprint density at radius 3 is 2.96 bits per heavy atom. The molecule has 0 aliphatic carbocycles. The smallest absolute Gasteiger partial charge is 0.251 e. The van der Waals surface area contributed by atoms with E-state index in [1.54, 1.807) is 43.3 Å². The first-order valence-electron chi connectivity index (χ1n) is 8.40. The van der Waals surface area contributed by atoms with Crippen molar-refractivity contribution in [2.75, 3.05) is 38.6 Å². The molecular weight excluding hydrogens is 337 g/mol. The second-order valence-electron chi connectivity index (χ2n) is 6.67. The van der Waals surface area contributed by atoms with Crippen molar-refractivity contribution in [1.82, 2.24) is 20.6 Å². The van der Waals surface area contributed by atoms with Gasteiger partial charge < -0.3 is 20.6 Å². The van der Waals surface area contributed by atoms with Crippen molar-refractivity contribution in [3.05, 3.63) is 41.8 Å². The largest absolute Gasteiger partial charge is 0.387 e. The fraction of sp³-hybridized carbons (Fsp3) is 0.389. The average molecular weight is 359 g/mol. The highest BCUT2D eigenvalue weighted by Crippen LogP contribution is 2.21. The third kappa shape index (κ3) is 3.97. The number of nitrogens with zero attached hydrogens (tertiary/aromatic N) is 3. The zero-order chi connectivity index (χ0) is 18.7. The van der Waals surface area contributed by atoms with Crippen LogP contribution in [-0.2, 0) is 0 Å². The van der Waals surface area contributed by atoms with E-state index in [4.69, 9.17) is 0 Å². The molecule has 7 nitrogen and oxygen atoms in total. The third-order valence-corrected chi connectivity index (χ3v) is 4.33. The van der Waals surface area contributed by atoms with Gasteiger partial charge in [-0.2, -0.15) is 0 Å². The van der Waals surface area contributed by atoms with Crippen molar-refractivity contribution >= 4 is 11.7 Å². The fourth-order valence-corrected chi connectivity index (χ4v) is 2.84. The van der Waals surface area contributed by atoms with Crippen LogP contribution in [0, 0.1) is 5.82 Å². The van der Waals surface area contributed by atoms with E-state index in [9.17, 15) is 14.3 Å². The maximum Gasteiger partial charge on any atom is 0.251 e. The molecule has 3 rings (SSSR count). The molecule has 1 aromatic carbocycles. The van der Waals surface area contributed by atoms with Crippen molar-refractivity contribution in [3.8, 4) is 11.4 Å². The van der Waals surface area contributed by atoms with Crippen molar-refractivity contribution in [3.63, 3.8) is 0 Å². The van der Waals surface area contributed by atoms with Crippen LogP contribution in [0.4, 0.5) is 10.2 Å². The van der Waals surface area contributed by atoms with Gasteiger partial charge in [-0.05, 0) is 25.1 Å². The number of hydrogen-bond acceptors (Lipinski definition) is 6. The zero-order valence-corrected chi connectivity index (χ0v) is 14.8. The van der Waals surface area contributed by atoms with E-state index >= 15 is 0 Å². The summed E-state index contributed by atoms with van der Waals surface area (Å²) in [7, 11) is 3.39. The van der Waals surface area contributed by atoms with E-state index in [2.05, 4.69) is 20.6 Å². The summed E-state index contributed by atoms with van der Waals surface area (Å²) < 4.78 is 13.8. The van der Waals surface area contributed by atoms with Gasteiger partial charge in [-0.15, -0.1) is 0 Å². The van der Waals surface area contributed by atoms with E-state index in [0.717, 1.165) is 12.7 Å². The van der Waals surface area contributed by atoms with E-state index in [0.29, 0.717) is 29.9 Å². The summed E-state index contributed by atoms with van der Waals surface area (Å²) in [4.78, 5) is 22.2. The summed E-state index contributed by atoms with van der Waals surface area (Å²) in [5.74, 6) is -0.280. The quantitative estimate of drug-likeness (QED) is 0.732. The minimum atomic E-state index is -0.909. The molecule has 1 atom stereocenters. The van der Waals surface area contributed by atoms with Crippen LogP contribution in [0.15, 0.2) is 30.5 Å². The monoisotopic (exact) mass is 359 g/mol. The summed E-state index contributed by atoms with van der Waals surface area (Å²) >= 11 is 0. The number of halogens is 1. The molecule has 8 heteroatoms. The Morgan fingerprint density at radius 1 is 1.46 bits per heavy atom. The number of amides is 1. The lowest BCUT2D eigenvalue weighted by atomic mass is 10.0. The molecular formula is C18H22FN5O2. The minimum absolute atomic E-state index is 0.181. The maximum atomic E-state index is 13.8. The number of hydrogen-bond donors (Lipinski definition) is 3. The lowest BCUT2D eigenvalue weighted by molar-refractivity contribution is 0.0562. The van der Waals surface area contributed by atoms with Crippen LogP contribution >= 0.6 is 0 Å². The summed E-state index contributed by atoms with van der Waals surface area (Å²) in [5, 5.41) is 16.1. The van der Waals surface area contributed by atoms with Gasteiger partial charge in [0.15, 0.2) is 17.5 Å². The summed E-state index contributed by atoms with van der Waals surface area (Å²) in [6, 6.07) is 6.81. The standard InChI is InChI=1S/C18H22FN5O2/c1-24(2)16-14(19)9-21-15(23-16)12-4-3-5-13(8-12)17(25)22-11-18(26)6-7-20-10-18/h3-5,8-9,20,26H,6-7,10-11H2,1-2H3,(H,22,25)/t18-/m0/s1. The molecule has 0 saturated carbocycles. The molecule has 1 aromatic heterocycles. The van der Waals surface area contributed by atoms with Gasteiger partial charge in [0.1, 0.15) is 0 Å². The van der Waals surface area contributed by atoms with Crippen LogP contribution in [0.1, 0.15) is 16.8 Å². The van der Waals surface area contributed by atoms with Crippen LogP contribution in [0.5, 0.6) is 0 Å². The van der Waals surface area contributed by atoms with E-state index in [1.165, 1.54) is 0 Å². The van der Waals surface area contributed by atoms with E-state index < -0.39 is 11.4 Å². The van der Waals surface area contributed by atoms with Gasteiger partial charge in [0.05, 0.1) is 11.8 Å². The zero-order valence-electron chi connectivity index (χ0n) is 14.8. The van der Waals surface area contributed by atoms with Gasteiger partial charge in [0.2, 0.25) is 0 Å². The molecule has 1 amide bonds. The molecule has 0 spiro atoms. The Hall–Kier alpha value is -2.58. The first kappa shape index (κ1) is 18.2. The number of aliphatic hydroxyl groups is 1. The van der Waals surface area contributed by atoms with Crippen molar-refractivity contribution in [2.45, 2.75) is 12.0 Å². The normalized spacial score (nSPS) is 19.4. The first-order chi connectivity index (χ1) is 12.4. The molecule has 1 saturated heterocycles. The molecule has 1 fully saturated rings. The van der Waals surface area contributed by atoms with Crippen LogP contribution in [-0.4, -0.2) is 60.3 Å². The summed E-state index contributed by atoms with van der Waals surface area (Å²) in [6.07, 6.45) is 1.72. The van der Waals surface area contributed by atoms with Crippen molar-refractivity contribution < 1.29 is 14.3 Å². The highest BCUT2D eigenvalue weighted by Gasteiger charge is 2.31. The molecule has 1 aliphatic heterocycles. The second kappa shape index (κ2) is 7.35. The molecule has 0 unspecified atom stereocenters. The molecule has 0 radical (unpaired) electrons. The molecule has 2 heterocycles. The van der Waals surface area contributed by atoms with Gasteiger partial charge >= 0.3 is 0 Å². The molecule has 1 aliphatic rings. The van der Waals surface area contributed by atoms with Crippen LogP contribution < -0.4 is 15.5 Å². The summed E-state index contributed by atoms with van der Waals surface area (Å²) in [6.45, 7) is 1.38. The Balaban J connectivity index is 1.77. The molecule has 2 aromatic rings. The molecule has 26 heavy (non-hydrogen) atoms.